The summed E-state index contributed by atoms with van der Waals surface area (Å²) >= 11 is 0. The van der Waals surface area contributed by atoms with Crippen LogP contribution in [0.1, 0.15) is 44.2 Å². The number of hydrogen-bond acceptors (Lipinski definition) is 1. The molecule has 1 N–H and O–H groups in total. The Morgan fingerprint density at radius 1 is 1.50 bits per heavy atom. The molecule has 1 aromatic heterocycles. The molecule has 0 amide bonds. The summed E-state index contributed by atoms with van der Waals surface area (Å²) in [4.78, 5) is 14.0. The highest BCUT2D eigenvalue weighted by Crippen LogP contribution is 1.95. The molecule has 2 heteroatoms. The molecule has 0 radical (unpaired) electrons. The second-order valence-electron chi connectivity index (χ2n) is 3.85. The first kappa shape index (κ1) is 12.5. The van der Waals surface area contributed by atoms with Gasteiger partial charge in [-0.3, -0.25) is 4.79 Å². The monoisotopic (exact) mass is 219 g/mol. The Morgan fingerprint density at radius 3 is 2.81 bits per heavy atom. The second kappa shape index (κ2) is 6.11. The number of allylic oxidation sites excluding steroid dienone is 2. The summed E-state index contributed by atoms with van der Waals surface area (Å²) < 4.78 is 0. The van der Waals surface area contributed by atoms with Gasteiger partial charge in [-0.05, 0) is 19.4 Å². The summed E-state index contributed by atoms with van der Waals surface area (Å²) in [5.41, 5.74) is 1.73. The molecule has 0 saturated heterocycles. The number of carbonyl (C=O) groups excluding carboxylic acids is 1. The molecular weight excluding hydrogens is 198 g/mol. The van der Waals surface area contributed by atoms with Crippen molar-refractivity contribution < 1.29 is 6.22 Å². The van der Waals surface area contributed by atoms with Crippen LogP contribution < -0.4 is 10.6 Å². The topological polar surface area (TPSA) is 32.9 Å². The summed E-state index contributed by atoms with van der Waals surface area (Å²) in [7, 11) is 0. The zero-order valence-electron chi connectivity index (χ0n) is 10.2. The van der Waals surface area contributed by atoms with Crippen molar-refractivity contribution in [3.63, 3.8) is 0 Å². The average molecular weight is 219 g/mol. The lowest BCUT2D eigenvalue weighted by Gasteiger charge is -1.84. The van der Waals surface area contributed by atoms with Crippen molar-refractivity contribution in [2.24, 2.45) is 0 Å². The predicted octanol–water partition coefficient (Wildman–Crippen LogP) is 2.32. The van der Waals surface area contributed by atoms with E-state index >= 15 is 0 Å². The number of carbonyl (C=O) groups is 1. The molecule has 0 aliphatic heterocycles. The Bertz CT molecular complexity index is 497. The minimum absolute atomic E-state index is 0. The molecule has 0 unspecified atom stereocenters. The van der Waals surface area contributed by atoms with E-state index in [4.69, 9.17) is 0 Å². The normalized spacial score (nSPS) is 12.4. The van der Waals surface area contributed by atoms with Gasteiger partial charge in [-0.25, -0.2) is 0 Å². The molecule has 0 bridgehead atoms. The molecule has 88 valence electrons. The molecule has 1 aliphatic carbocycles. The Morgan fingerprint density at radius 2 is 2.19 bits per heavy atom. The highest BCUT2D eigenvalue weighted by atomic mass is 16.1. The molecule has 2 nitrogen and oxygen atoms in total. The third-order valence-electron chi connectivity index (χ3n) is 2.28. The highest BCUT2D eigenvalue weighted by molar-refractivity contribution is 5.78. The smallest absolute Gasteiger partial charge is 0.152 e. The van der Waals surface area contributed by atoms with E-state index < -0.39 is 0 Å². The minimum Gasteiger partial charge on any atom is -0.358 e. The van der Waals surface area contributed by atoms with Crippen LogP contribution in [-0.2, 0) is 0 Å². The lowest BCUT2D eigenvalue weighted by atomic mass is 10.2. The number of aryl methyl sites for hydroxylation is 1. The second-order valence-corrected chi connectivity index (χ2v) is 3.85. The Kier molecular flexibility index (Phi) is 4.77. The summed E-state index contributed by atoms with van der Waals surface area (Å²) in [5, 5.41) is 2.07. The van der Waals surface area contributed by atoms with E-state index in [9.17, 15) is 4.79 Å². The maximum absolute atomic E-state index is 10.8. The van der Waals surface area contributed by atoms with Crippen LogP contribution in [0.2, 0.25) is 0 Å². The fourth-order valence-corrected chi connectivity index (χ4v) is 1.62. The summed E-state index contributed by atoms with van der Waals surface area (Å²) in [6.07, 6.45) is 11.2. The molecule has 1 aliphatic rings. The summed E-state index contributed by atoms with van der Waals surface area (Å²) in [6.45, 7) is 6.17. The van der Waals surface area contributed by atoms with Gasteiger partial charge in [0.05, 0.1) is 0 Å². The quantitative estimate of drug-likeness (QED) is 0.722. The molecule has 2 rings (SSSR count). The van der Waals surface area contributed by atoms with Crippen LogP contribution in [0.5, 0.6) is 0 Å². The van der Waals surface area contributed by atoms with Crippen molar-refractivity contribution in [1.82, 2.24) is 4.98 Å². The molecule has 16 heavy (non-hydrogen) atoms. The van der Waals surface area contributed by atoms with E-state index in [1.54, 1.807) is 0 Å². The maximum atomic E-state index is 10.8. The van der Waals surface area contributed by atoms with E-state index in [0.717, 1.165) is 34.5 Å². The molecule has 0 saturated carbocycles. The Labute approximate surface area is 97.9 Å². The van der Waals surface area contributed by atoms with Gasteiger partial charge < -0.3 is 4.98 Å². The number of fused-ring (bicyclic) bond motifs is 1. The van der Waals surface area contributed by atoms with Gasteiger partial charge in [-0.2, -0.15) is 0 Å². The number of H-pyrrole nitrogens is 1. The summed E-state index contributed by atoms with van der Waals surface area (Å²) in [5.74, 6) is 0. The average Bonchev–Trinajstić information content (AvgIpc) is 2.43. The van der Waals surface area contributed by atoms with Gasteiger partial charge in [-0.15, -0.1) is 0 Å². The van der Waals surface area contributed by atoms with Crippen LogP contribution in [-0.4, -0.2) is 11.3 Å². The van der Waals surface area contributed by atoms with Crippen molar-refractivity contribution in [3.8, 4) is 0 Å². The van der Waals surface area contributed by atoms with Crippen LogP contribution in [0.15, 0.2) is 12.2 Å². The SMILES string of the molecule is CCC.Cc1[nH]c2c(c1C=O)=CCC=CC=2.[HH]. The first-order valence-corrected chi connectivity index (χ1v) is 5.75. The Hall–Kier alpha value is -1.57. The molecule has 0 aromatic carbocycles. The van der Waals surface area contributed by atoms with Crippen LogP contribution in [0.25, 0.3) is 12.2 Å². The highest BCUT2D eigenvalue weighted by Gasteiger charge is 2.03. The maximum Gasteiger partial charge on any atom is 0.152 e. The first-order valence-electron chi connectivity index (χ1n) is 5.75. The van der Waals surface area contributed by atoms with Gasteiger partial charge in [-0.1, -0.05) is 38.5 Å². The molecule has 0 spiro atoms. The Balaban J connectivity index is 0.000000583. The molecule has 1 aromatic rings. The van der Waals surface area contributed by atoms with Gasteiger partial charge in [0.25, 0.3) is 0 Å². The van der Waals surface area contributed by atoms with Crippen LogP contribution >= 0.6 is 0 Å². The van der Waals surface area contributed by atoms with Gasteiger partial charge in [0, 0.05) is 23.3 Å². The molecular formula is C14H21NO. The zero-order chi connectivity index (χ0) is 12.0. The first-order chi connectivity index (χ1) is 7.74. The fourth-order valence-electron chi connectivity index (χ4n) is 1.62. The molecule has 0 fully saturated rings. The number of aldehydes is 1. The van der Waals surface area contributed by atoms with Gasteiger partial charge in [0.15, 0.2) is 6.29 Å². The lowest BCUT2D eigenvalue weighted by molar-refractivity contribution is 0.112. The van der Waals surface area contributed by atoms with Crippen LogP contribution in [0.4, 0.5) is 0 Å². The van der Waals surface area contributed by atoms with Gasteiger partial charge >= 0.3 is 0 Å². The van der Waals surface area contributed by atoms with Crippen LogP contribution in [0.3, 0.4) is 0 Å². The number of aromatic nitrogens is 1. The van der Waals surface area contributed by atoms with Crippen molar-refractivity contribution in [2.75, 3.05) is 0 Å². The van der Waals surface area contributed by atoms with Crippen molar-refractivity contribution in [2.45, 2.75) is 33.6 Å². The van der Waals surface area contributed by atoms with Gasteiger partial charge in [0.1, 0.15) is 0 Å². The lowest BCUT2D eigenvalue weighted by Crippen LogP contribution is -2.23. The number of nitrogens with one attached hydrogen (secondary N) is 1. The number of rotatable bonds is 1. The molecule has 0 atom stereocenters. The van der Waals surface area contributed by atoms with Crippen LogP contribution in [0, 0.1) is 6.92 Å². The van der Waals surface area contributed by atoms with E-state index in [1.807, 2.05) is 19.1 Å². The van der Waals surface area contributed by atoms with Crippen molar-refractivity contribution >= 4 is 18.4 Å². The number of hydrogen-bond donors (Lipinski definition) is 1. The van der Waals surface area contributed by atoms with Crippen molar-refractivity contribution in [3.05, 3.63) is 34.0 Å². The van der Waals surface area contributed by atoms with Gasteiger partial charge in [0.2, 0.25) is 0 Å². The van der Waals surface area contributed by atoms with E-state index in [-0.39, 0.29) is 1.43 Å². The van der Waals surface area contributed by atoms with Crippen molar-refractivity contribution in [1.29, 1.82) is 0 Å². The minimum atomic E-state index is 0. The van der Waals surface area contributed by atoms with E-state index in [2.05, 4.69) is 31.0 Å². The third kappa shape index (κ3) is 2.72. The number of aromatic amines is 1. The largest absolute Gasteiger partial charge is 0.358 e. The zero-order valence-corrected chi connectivity index (χ0v) is 10.2. The van der Waals surface area contributed by atoms with E-state index in [1.165, 1.54) is 6.42 Å². The fraction of sp³-hybridized carbons (Fsp3) is 0.357. The van der Waals surface area contributed by atoms with E-state index in [0.29, 0.717) is 0 Å². The third-order valence-corrected chi connectivity index (χ3v) is 2.28. The summed E-state index contributed by atoms with van der Waals surface area (Å²) in [6, 6.07) is 0. The predicted molar refractivity (Wildman–Crippen MR) is 70.9 cm³/mol. The standard InChI is InChI=1S/C11H11NO.C3H8.H2/c1-8-10(7-13)9-5-3-2-4-6-11(9)12-8;1-3-2;/h2,4-7,12H,3H2,1H3;3H2,1-2H3;1H. The molecule has 1 heterocycles.